The SMILES string of the molecule is O=C(NC(CO)Cc1c[nH]c2ccccc12)c1cc(-c2ccccc2F)cc2c1OCCO2. The summed E-state index contributed by atoms with van der Waals surface area (Å²) < 4.78 is 25.9. The third-order valence-corrected chi connectivity index (χ3v) is 5.77. The highest BCUT2D eigenvalue weighted by Crippen LogP contribution is 2.39. The number of aliphatic hydroxyl groups excluding tert-OH is 1. The molecule has 0 saturated carbocycles. The molecule has 6 nitrogen and oxygen atoms in total. The molecule has 0 aliphatic carbocycles. The summed E-state index contributed by atoms with van der Waals surface area (Å²) in [7, 11) is 0. The van der Waals surface area contributed by atoms with Crippen molar-refractivity contribution in [3.05, 3.63) is 83.8 Å². The van der Waals surface area contributed by atoms with Gasteiger partial charge in [-0.3, -0.25) is 4.79 Å². The van der Waals surface area contributed by atoms with Gasteiger partial charge in [-0.05, 0) is 41.8 Å². The van der Waals surface area contributed by atoms with Crippen LogP contribution >= 0.6 is 0 Å². The van der Waals surface area contributed by atoms with E-state index in [1.54, 1.807) is 30.3 Å². The van der Waals surface area contributed by atoms with Crippen molar-refractivity contribution in [1.82, 2.24) is 10.3 Å². The minimum absolute atomic E-state index is 0.238. The number of aromatic amines is 1. The normalized spacial score (nSPS) is 13.6. The maximum absolute atomic E-state index is 14.4. The number of hydrogen-bond acceptors (Lipinski definition) is 4. The Hall–Kier alpha value is -3.84. The average Bonchev–Trinajstić information content (AvgIpc) is 3.26. The van der Waals surface area contributed by atoms with Crippen LogP contribution in [0.2, 0.25) is 0 Å². The van der Waals surface area contributed by atoms with E-state index in [4.69, 9.17) is 9.47 Å². The number of benzene rings is 3. The predicted molar refractivity (Wildman–Crippen MR) is 123 cm³/mol. The Kier molecular flexibility index (Phi) is 5.71. The van der Waals surface area contributed by atoms with Gasteiger partial charge in [-0.25, -0.2) is 4.39 Å². The second-order valence-electron chi connectivity index (χ2n) is 7.94. The second-order valence-corrected chi connectivity index (χ2v) is 7.94. The molecule has 0 saturated heterocycles. The van der Waals surface area contributed by atoms with Crippen LogP contribution in [-0.4, -0.2) is 41.9 Å². The van der Waals surface area contributed by atoms with Crippen molar-refractivity contribution in [3.63, 3.8) is 0 Å². The van der Waals surface area contributed by atoms with Crippen LogP contribution in [0, 0.1) is 5.82 Å². The molecule has 1 aliphatic heterocycles. The third-order valence-electron chi connectivity index (χ3n) is 5.77. The number of carbonyl (C=O) groups excluding carboxylic acids is 1. The highest BCUT2D eigenvalue weighted by Gasteiger charge is 2.25. The van der Waals surface area contributed by atoms with E-state index in [2.05, 4.69) is 10.3 Å². The minimum atomic E-state index is -0.519. The summed E-state index contributed by atoms with van der Waals surface area (Å²) in [5.41, 5.74) is 3.10. The molecule has 3 N–H and O–H groups in total. The number of aromatic nitrogens is 1. The van der Waals surface area contributed by atoms with Crippen molar-refractivity contribution in [2.45, 2.75) is 12.5 Å². The Morgan fingerprint density at radius 1 is 1.09 bits per heavy atom. The topological polar surface area (TPSA) is 83.6 Å². The van der Waals surface area contributed by atoms with Gasteiger partial charge in [0.1, 0.15) is 19.0 Å². The molecular formula is C26H23FN2O4. The second kappa shape index (κ2) is 8.96. The molecule has 7 heteroatoms. The Balaban J connectivity index is 1.45. The number of para-hydroxylation sites is 1. The summed E-state index contributed by atoms with van der Waals surface area (Å²) in [5, 5.41) is 13.9. The highest BCUT2D eigenvalue weighted by molar-refractivity contribution is 5.99. The van der Waals surface area contributed by atoms with Crippen LogP contribution in [0.25, 0.3) is 22.0 Å². The van der Waals surface area contributed by atoms with Gasteiger partial charge < -0.3 is 24.9 Å². The van der Waals surface area contributed by atoms with Gasteiger partial charge in [-0.15, -0.1) is 0 Å². The first-order chi connectivity index (χ1) is 16.1. The van der Waals surface area contributed by atoms with Crippen LogP contribution in [0.4, 0.5) is 4.39 Å². The average molecular weight is 446 g/mol. The first-order valence-electron chi connectivity index (χ1n) is 10.8. The van der Waals surface area contributed by atoms with Crippen molar-refractivity contribution in [2.24, 2.45) is 0 Å². The number of carbonyl (C=O) groups is 1. The fraction of sp³-hybridized carbons (Fsp3) is 0.192. The standard InChI is InChI=1S/C26H23FN2O4/c27-22-7-3-1-5-19(22)16-12-21(25-24(13-16)32-9-10-33-25)26(31)29-18(15-30)11-17-14-28-23-8-4-2-6-20(17)23/h1-8,12-14,18,28,30H,9-11,15H2,(H,29,31). The van der Waals surface area contributed by atoms with Crippen LogP contribution in [0.5, 0.6) is 11.5 Å². The van der Waals surface area contributed by atoms with Crippen LogP contribution in [0.1, 0.15) is 15.9 Å². The molecule has 1 aromatic heterocycles. The molecule has 0 spiro atoms. The number of ether oxygens (including phenoxy) is 2. The van der Waals surface area contributed by atoms with Crippen molar-refractivity contribution >= 4 is 16.8 Å². The van der Waals surface area contributed by atoms with Crippen molar-refractivity contribution < 1.29 is 23.8 Å². The summed E-state index contributed by atoms with van der Waals surface area (Å²) in [6, 6.07) is 17.0. The monoisotopic (exact) mass is 446 g/mol. The molecule has 1 amide bonds. The molecule has 0 bridgehead atoms. The van der Waals surface area contributed by atoms with Gasteiger partial charge >= 0.3 is 0 Å². The van der Waals surface area contributed by atoms with Crippen molar-refractivity contribution in [3.8, 4) is 22.6 Å². The lowest BCUT2D eigenvalue weighted by Gasteiger charge is -2.23. The quantitative estimate of drug-likeness (QED) is 0.417. The molecule has 1 aliphatic rings. The van der Waals surface area contributed by atoms with Crippen LogP contribution in [0.15, 0.2) is 66.9 Å². The van der Waals surface area contributed by atoms with Crippen molar-refractivity contribution in [1.29, 1.82) is 0 Å². The van der Waals surface area contributed by atoms with E-state index in [1.807, 2.05) is 30.5 Å². The number of rotatable bonds is 6. The summed E-state index contributed by atoms with van der Waals surface area (Å²) >= 11 is 0. The van der Waals surface area contributed by atoms with E-state index < -0.39 is 17.8 Å². The third kappa shape index (κ3) is 4.15. The molecule has 1 unspecified atom stereocenters. The fourth-order valence-corrected chi connectivity index (χ4v) is 4.16. The Bertz CT molecular complexity index is 1320. The van der Waals surface area contributed by atoms with Crippen molar-refractivity contribution in [2.75, 3.05) is 19.8 Å². The lowest BCUT2D eigenvalue weighted by atomic mass is 9.99. The molecule has 0 radical (unpaired) electrons. The van der Waals surface area contributed by atoms with Gasteiger partial charge in [0.25, 0.3) is 5.91 Å². The molecular weight excluding hydrogens is 423 g/mol. The number of H-pyrrole nitrogens is 1. The largest absolute Gasteiger partial charge is 0.486 e. The number of hydrogen-bond donors (Lipinski definition) is 3. The van der Waals surface area contributed by atoms with Crippen LogP contribution < -0.4 is 14.8 Å². The maximum Gasteiger partial charge on any atom is 0.255 e. The molecule has 5 rings (SSSR count). The highest BCUT2D eigenvalue weighted by atomic mass is 19.1. The van der Waals surface area contributed by atoms with Gasteiger partial charge in [-0.2, -0.15) is 0 Å². The molecule has 2 heterocycles. The lowest BCUT2D eigenvalue weighted by Crippen LogP contribution is -2.39. The van der Waals surface area contributed by atoms with Crippen LogP contribution in [0.3, 0.4) is 0 Å². The number of aliphatic hydroxyl groups is 1. The molecule has 33 heavy (non-hydrogen) atoms. The van der Waals surface area contributed by atoms with Gasteiger partial charge in [0, 0.05) is 22.7 Å². The van der Waals surface area contributed by atoms with Gasteiger partial charge in [0.2, 0.25) is 0 Å². The van der Waals surface area contributed by atoms with Gasteiger partial charge in [0.15, 0.2) is 11.5 Å². The van der Waals surface area contributed by atoms with E-state index in [0.29, 0.717) is 42.3 Å². The Labute approximate surface area is 190 Å². The zero-order chi connectivity index (χ0) is 22.8. The molecule has 168 valence electrons. The van der Waals surface area contributed by atoms with Gasteiger partial charge in [-0.1, -0.05) is 36.4 Å². The van der Waals surface area contributed by atoms with Gasteiger partial charge in [0.05, 0.1) is 18.2 Å². The lowest BCUT2D eigenvalue weighted by molar-refractivity contribution is 0.0906. The number of nitrogens with one attached hydrogen (secondary N) is 2. The summed E-state index contributed by atoms with van der Waals surface area (Å²) in [4.78, 5) is 16.5. The Morgan fingerprint density at radius 3 is 2.73 bits per heavy atom. The molecule has 3 aromatic carbocycles. The molecule has 0 fully saturated rings. The fourth-order valence-electron chi connectivity index (χ4n) is 4.16. The smallest absolute Gasteiger partial charge is 0.255 e. The number of halogens is 1. The zero-order valence-electron chi connectivity index (χ0n) is 17.8. The molecule has 4 aromatic rings. The zero-order valence-corrected chi connectivity index (χ0v) is 17.8. The first kappa shape index (κ1) is 21.0. The summed E-state index contributed by atoms with van der Waals surface area (Å²) in [6.45, 7) is 0.414. The summed E-state index contributed by atoms with van der Waals surface area (Å²) in [6.07, 6.45) is 2.33. The Morgan fingerprint density at radius 2 is 1.88 bits per heavy atom. The van der Waals surface area contributed by atoms with E-state index in [0.717, 1.165) is 16.5 Å². The van der Waals surface area contributed by atoms with Crippen LogP contribution in [-0.2, 0) is 6.42 Å². The van der Waals surface area contributed by atoms with E-state index >= 15 is 0 Å². The summed E-state index contributed by atoms with van der Waals surface area (Å²) in [5.74, 6) is -0.103. The first-order valence-corrected chi connectivity index (χ1v) is 10.8. The predicted octanol–water partition coefficient (Wildman–Crippen LogP) is 4.08. The number of amides is 1. The number of fused-ring (bicyclic) bond motifs is 2. The maximum atomic E-state index is 14.4. The van der Waals surface area contributed by atoms with E-state index in [9.17, 15) is 14.3 Å². The van der Waals surface area contributed by atoms with E-state index in [1.165, 1.54) is 6.07 Å². The molecule has 1 atom stereocenters. The van der Waals surface area contributed by atoms with E-state index in [-0.39, 0.29) is 12.2 Å². The minimum Gasteiger partial charge on any atom is -0.486 e.